The van der Waals surface area contributed by atoms with Crippen LogP contribution in [0.1, 0.15) is 63.9 Å². The number of Topliss-reactive ketones (excluding diaryl/α,β-unsaturated/α-hetero) is 1. The Balaban J connectivity index is 2.01. The topological polar surface area (TPSA) is 85.5 Å². The summed E-state index contributed by atoms with van der Waals surface area (Å²) in [6, 6.07) is 9.63. The van der Waals surface area contributed by atoms with Crippen LogP contribution >= 0.6 is 0 Å². The predicted molar refractivity (Wildman–Crippen MR) is 101 cm³/mol. The average Bonchev–Trinajstić information content (AvgIpc) is 2.94. The fourth-order valence-corrected chi connectivity index (χ4v) is 3.01. The van der Waals surface area contributed by atoms with Crippen LogP contribution in [0.15, 0.2) is 30.3 Å². The van der Waals surface area contributed by atoms with Crippen LogP contribution in [0.2, 0.25) is 0 Å². The summed E-state index contributed by atoms with van der Waals surface area (Å²) < 4.78 is 10.2. The summed E-state index contributed by atoms with van der Waals surface area (Å²) in [5, 5.41) is 0. The fraction of sp³-hybridized carbons (Fsp3) is 0.381. The highest BCUT2D eigenvalue weighted by Gasteiger charge is 2.26. The fourth-order valence-electron chi connectivity index (χ4n) is 3.01. The molecule has 0 spiro atoms. The first-order valence-corrected chi connectivity index (χ1v) is 8.95. The molecule has 0 saturated carbocycles. The van der Waals surface area contributed by atoms with Crippen LogP contribution < -0.4 is 0 Å². The number of nitrogens with one attached hydrogen (secondary N) is 1. The summed E-state index contributed by atoms with van der Waals surface area (Å²) in [6.07, 6.45) is 0.174. The summed E-state index contributed by atoms with van der Waals surface area (Å²) in [5.74, 6) is -1.46. The molecule has 2 aromatic rings. The number of H-pyrrole nitrogens is 1. The monoisotopic (exact) mass is 371 g/mol. The molecule has 0 bridgehead atoms. The lowest BCUT2D eigenvalue weighted by atomic mass is 9.98. The van der Waals surface area contributed by atoms with Gasteiger partial charge in [-0.25, -0.2) is 4.79 Å². The normalized spacial score (nSPS) is 11.7. The number of aryl methyl sites for hydroxylation is 2. The first kappa shape index (κ1) is 20.4. The molecule has 27 heavy (non-hydrogen) atoms. The predicted octanol–water partition coefficient (Wildman–Crippen LogP) is 3.73. The number of ketones is 1. The van der Waals surface area contributed by atoms with Gasteiger partial charge in [0.2, 0.25) is 5.78 Å². The Hall–Kier alpha value is -2.89. The Labute approximate surface area is 158 Å². The van der Waals surface area contributed by atoms with Gasteiger partial charge in [-0.2, -0.15) is 0 Å². The van der Waals surface area contributed by atoms with Crippen LogP contribution in [-0.4, -0.2) is 35.9 Å². The molecular formula is C21H25NO5. The SMILES string of the molecule is CCOC(=O)c1c(C)[nH]c(C)c1C(=O)COC(=O)C[C@H](C)c1ccccc1. The zero-order valence-corrected chi connectivity index (χ0v) is 16.1. The number of aromatic nitrogens is 1. The minimum absolute atomic E-state index is 0.0138. The molecule has 2 rings (SSSR count). The second kappa shape index (κ2) is 9.16. The van der Waals surface area contributed by atoms with Crippen molar-refractivity contribution in [2.75, 3.05) is 13.2 Å². The van der Waals surface area contributed by atoms with Gasteiger partial charge in [0.1, 0.15) is 0 Å². The van der Waals surface area contributed by atoms with Crippen molar-refractivity contribution in [2.45, 2.75) is 40.0 Å². The van der Waals surface area contributed by atoms with Crippen LogP contribution in [0, 0.1) is 13.8 Å². The summed E-state index contributed by atoms with van der Waals surface area (Å²) in [4.78, 5) is 39.8. The number of carbonyl (C=O) groups is 3. The third-order valence-corrected chi connectivity index (χ3v) is 4.34. The number of esters is 2. The van der Waals surface area contributed by atoms with Crippen molar-refractivity contribution in [2.24, 2.45) is 0 Å². The van der Waals surface area contributed by atoms with Crippen molar-refractivity contribution < 1.29 is 23.9 Å². The highest BCUT2D eigenvalue weighted by Crippen LogP contribution is 2.21. The minimum Gasteiger partial charge on any atom is -0.462 e. The molecule has 6 nitrogen and oxygen atoms in total. The number of rotatable bonds is 8. The first-order valence-electron chi connectivity index (χ1n) is 8.95. The van der Waals surface area contributed by atoms with E-state index < -0.39 is 24.3 Å². The van der Waals surface area contributed by atoms with E-state index >= 15 is 0 Å². The Morgan fingerprint density at radius 1 is 1.00 bits per heavy atom. The number of benzene rings is 1. The minimum atomic E-state index is -0.563. The van der Waals surface area contributed by atoms with Gasteiger partial charge in [-0.3, -0.25) is 9.59 Å². The molecule has 0 saturated heterocycles. The quantitative estimate of drug-likeness (QED) is 0.564. The van der Waals surface area contributed by atoms with Crippen molar-refractivity contribution in [3.63, 3.8) is 0 Å². The van der Waals surface area contributed by atoms with Crippen LogP contribution in [-0.2, 0) is 14.3 Å². The Morgan fingerprint density at radius 2 is 1.63 bits per heavy atom. The van der Waals surface area contributed by atoms with Crippen molar-refractivity contribution in [3.8, 4) is 0 Å². The number of aromatic amines is 1. The molecular weight excluding hydrogens is 346 g/mol. The molecule has 6 heteroatoms. The Morgan fingerprint density at radius 3 is 2.26 bits per heavy atom. The first-order chi connectivity index (χ1) is 12.8. The van der Waals surface area contributed by atoms with Gasteiger partial charge in [0, 0.05) is 11.4 Å². The van der Waals surface area contributed by atoms with Crippen LogP contribution in [0.3, 0.4) is 0 Å². The molecule has 1 aromatic heterocycles. The third kappa shape index (κ3) is 5.06. The van der Waals surface area contributed by atoms with E-state index in [1.54, 1.807) is 20.8 Å². The van der Waals surface area contributed by atoms with Gasteiger partial charge < -0.3 is 14.5 Å². The smallest absolute Gasteiger partial charge is 0.340 e. The second-order valence-corrected chi connectivity index (χ2v) is 6.45. The van der Waals surface area contributed by atoms with E-state index in [0.717, 1.165) is 5.56 Å². The van der Waals surface area contributed by atoms with Gasteiger partial charge in [-0.15, -0.1) is 0 Å². The molecule has 0 radical (unpaired) electrons. The summed E-state index contributed by atoms with van der Waals surface area (Å²) >= 11 is 0. The molecule has 0 aliphatic heterocycles. The largest absolute Gasteiger partial charge is 0.462 e. The highest BCUT2D eigenvalue weighted by molar-refractivity contribution is 6.09. The maximum atomic E-state index is 12.6. The van der Waals surface area contributed by atoms with Crippen LogP contribution in [0.4, 0.5) is 0 Å². The average molecular weight is 371 g/mol. The van der Waals surface area contributed by atoms with Crippen molar-refractivity contribution in [3.05, 3.63) is 58.4 Å². The van der Waals surface area contributed by atoms with Gasteiger partial charge in [-0.05, 0) is 32.3 Å². The van der Waals surface area contributed by atoms with Gasteiger partial charge in [0.15, 0.2) is 6.61 Å². The molecule has 1 aromatic carbocycles. The van der Waals surface area contributed by atoms with Crippen molar-refractivity contribution in [1.29, 1.82) is 0 Å². The van der Waals surface area contributed by atoms with Gasteiger partial charge in [-0.1, -0.05) is 37.3 Å². The lowest BCUT2D eigenvalue weighted by Gasteiger charge is -2.11. The standard InChI is InChI=1S/C21H25NO5/c1-5-26-21(25)20-15(4)22-14(3)19(20)17(23)12-27-18(24)11-13(2)16-9-7-6-8-10-16/h6-10,13,22H,5,11-12H2,1-4H3/t13-/m0/s1. The van der Waals surface area contributed by atoms with Gasteiger partial charge in [0.05, 0.1) is 24.2 Å². The summed E-state index contributed by atoms with van der Waals surface area (Å²) in [5.41, 5.74) is 2.55. The van der Waals surface area contributed by atoms with Gasteiger partial charge in [0.25, 0.3) is 0 Å². The van der Waals surface area contributed by atoms with Crippen molar-refractivity contribution >= 4 is 17.7 Å². The molecule has 0 aliphatic rings. The molecule has 1 N–H and O–H groups in total. The zero-order chi connectivity index (χ0) is 20.0. The molecule has 0 aliphatic carbocycles. The second-order valence-electron chi connectivity index (χ2n) is 6.45. The molecule has 144 valence electrons. The van der Waals surface area contributed by atoms with E-state index in [4.69, 9.17) is 9.47 Å². The van der Waals surface area contributed by atoms with E-state index in [1.165, 1.54) is 0 Å². The van der Waals surface area contributed by atoms with E-state index in [0.29, 0.717) is 11.4 Å². The number of ether oxygens (including phenoxy) is 2. The number of hydrogen-bond acceptors (Lipinski definition) is 5. The van der Waals surface area contributed by atoms with Crippen LogP contribution in [0.5, 0.6) is 0 Å². The maximum absolute atomic E-state index is 12.6. The van der Waals surface area contributed by atoms with Crippen molar-refractivity contribution in [1.82, 2.24) is 4.98 Å². The zero-order valence-electron chi connectivity index (χ0n) is 16.1. The van der Waals surface area contributed by atoms with E-state index in [9.17, 15) is 14.4 Å². The molecule has 0 amide bonds. The molecule has 0 fully saturated rings. The van der Waals surface area contributed by atoms with E-state index in [2.05, 4.69) is 4.98 Å². The lowest BCUT2D eigenvalue weighted by Crippen LogP contribution is -2.18. The van der Waals surface area contributed by atoms with E-state index in [-0.39, 0.29) is 30.1 Å². The molecule has 1 heterocycles. The number of carbonyl (C=O) groups excluding carboxylic acids is 3. The molecule has 0 unspecified atom stereocenters. The summed E-state index contributed by atoms with van der Waals surface area (Å²) in [6.45, 7) is 6.82. The third-order valence-electron chi connectivity index (χ3n) is 4.34. The van der Waals surface area contributed by atoms with Crippen LogP contribution in [0.25, 0.3) is 0 Å². The summed E-state index contributed by atoms with van der Waals surface area (Å²) in [7, 11) is 0. The Bertz CT molecular complexity index is 823. The lowest BCUT2D eigenvalue weighted by molar-refractivity contribution is -0.142. The Kier molecular flexibility index (Phi) is 6.93. The van der Waals surface area contributed by atoms with Gasteiger partial charge >= 0.3 is 11.9 Å². The number of hydrogen-bond donors (Lipinski definition) is 1. The maximum Gasteiger partial charge on any atom is 0.340 e. The highest BCUT2D eigenvalue weighted by atomic mass is 16.5. The molecule has 1 atom stereocenters. The van der Waals surface area contributed by atoms with E-state index in [1.807, 2.05) is 37.3 Å².